The van der Waals surface area contributed by atoms with Crippen molar-refractivity contribution in [1.29, 1.82) is 0 Å². The molecule has 5 nitrogen and oxygen atoms in total. The van der Waals surface area contributed by atoms with E-state index in [9.17, 15) is 4.79 Å². The average molecular weight is 345 g/mol. The number of carbonyl (C=O) groups excluding carboxylic acids is 1. The summed E-state index contributed by atoms with van der Waals surface area (Å²) in [5.41, 5.74) is 2.00. The van der Waals surface area contributed by atoms with Gasteiger partial charge >= 0.3 is 0 Å². The van der Waals surface area contributed by atoms with E-state index in [2.05, 4.69) is 14.9 Å². The van der Waals surface area contributed by atoms with Crippen LogP contribution in [-0.4, -0.2) is 46.6 Å². The SMILES string of the molecule is Cc1nc(C)c2c(C)c(C(=O)N(C[C@@H]3CCOC3)C3CC3)sc2n1. The van der Waals surface area contributed by atoms with Crippen LogP contribution in [0.25, 0.3) is 10.2 Å². The van der Waals surface area contributed by atoms with E-state index >= 15 is 0 Å². The molecule has 1 amide bonds. The Kier molecular flexibility index (Phi) is 4.04. The smallest absolute Gasteiger partial charge is 0.264 e. The number of amides is 1. The molecule has 1 aliphatic carbocycles. The number of aromatic nitrogens is 2. The minimum Gasteiger partial charge on any atom is -0.381 e. The minimum atomic E-state index is 0.168. The molecule has 0 spiro atoms. The number of hydrogen-bond acceptors (Lipinski definition) is 5. The topological polar surface area (TPSA) is 55.3 Å². The summed E-state index contributed by atoms with van der Waals surface area (Å²) in [7, 11) is 0. The van der Waals surface area contributed by atoms with Crippen molar-refractivity contribution in [1.82, 2.24) is 14.9 Å². The highest BCUT2D eigenvalue weighted by molar-refractivity contribution is 7.20. The zero-order valence-corrected chi connectivity index (χ0v) is 15.3. The van der Waals surface area contributed by atoms with Gasteiger partial charge in [0.05, 0.1) is 11.5 Å². The van der Waals surface area contributed by atoms with Crippen LogP contribution in [0.15, 0.2) is 0 Å². The van der Waals surface area contributed by atoms with E-state index in [4.69, 9.17) is 4.74 Å². The van der Waals surface area contributed by atoms with Gasteiger partial charge < -0.3 is 9.64 Å². The van der Waals surface area contributed by atoms with Gasteiger partial charge in [0.25, 0.3) is 5.91 Å². The number of hydrogen-bond donors (Lipinski definition) is 0. The molecule has 3 heterocycles. The van der Waals surface area contributed by atoms with Crippen LogP contribution in [0, 0.1) is 26.7 Å². The van der Waals surface area contributed by atoms with Gasteiger partial charge in [0, 0.05) is 36.2 Å². The summed E-state index contributed by atoms with van der Waals surface area (Å²) >= 11 is 1.52. The first-order chi connectivity index (χ1) is 11.5. The Hall–Kier alpha value is -1.53. The molecule has 0 bridgehead atoms. The number of fused-ring (bicyclic) bond motifs is 1. The summed E-state index contributed by atoms with van der Waals surface area (Å²) in [4.78, 5) is 26.1. The number of carbonyl (C=O) groups is 1. The molecular formula is C18H23N3O2S. The quantitative estimate of drug-likeness (QED) is 0.853. The summed E-state index contributed by atoms with van der Waals surface area (Å²) in [5, 5.41) is 1.05. The van der Waals surface area contributed by atoms with Gasteiger partial charge in [-0.1, -0.05) is 0 Å². The van der Waals surface area contributed by atoms with Gasteiger partial charge in [-0.3, -0.25) is 4.79 Å². The molecule has 2 aromatic heterocycles. The van der Waals surface area contributed by atoms with Crippen LogP contribution in [0.1, 0.15) is 46.0 Å². The number of ether oxygens (including phenoxy) is 1. The van der Waals surface area contributed by atoms with Gasteiger partial charge in [0.2, 0.25) is 0 Å². The predicted molar refractivity (Wildman–Crippen MR) is 94.6 cm³/mol. The maximum Gasteiger partial charge on any atom is 0.264 e. The summed E-state index contributed by atoms with van der Waals surface area (Å²) < 4.78 is 5.49. The standard InChI is InChI=1S/C18H23N3O2S/c1-10-15-11(2)19-12(3)20-17(15)24-16(10)18(22)21(14-4-5-14)8-13-6-7-23-9-13/h13-14H,4-9H2,1-3H3/t13-/m0/s1. The van der Waals surface area contributed by atoms with Gasteiger partial charge in [0.1, 0.15) is 10.7 Å². The maximum atomic E-state index is 13.2. The zero-order chi connectivity index (χ0) is 16.8. The van der Waals surface area contributed by atoms with Gasteiger partial charge in [-0.25, -0.2) is 9.97 Å². The van der Waals surface area contributed by atoms with Crippen LogP contribution in [0.5, 0.6) is 0 Å². The van der Waals surface area contributed by atoms with E-state index in [1.807, 2.05) is 20.8 Å². The molecule has 1 saturated heterocycles. The monoisotopic (exact) mass is 345 g/mol. The molecule has 2 aromatic rings. The van der Waals surface area contributed by atoms with Crippen molar-refractivity contribution >= 4 is 27.5 Å². The predicted octanol–water partition coefficient (Wildman–Crippen LogP) is 3.26. The van der Waals surface area contributed by atoms with Gasteiger partial charge in [0.15, 0.2) is 0 Å². The lowest BCUT2D eigenvalue weighted by molar-refractivity contribution is 0.0710. The molecule has 0 radical (unpaired) electrons. The third kappa shape index (κ3) is 2.82. The third-order valence-corrected chi connectivity index (χ3v) is 6.18. The number of thiophene rings is 1. The Labute approximate surface area is 146 Å². The lowest BCUT2D eigenvalue weighted by atomic mass is 10.1. The normalized spacial score (nSPS) is 20.7. The fourth-order valence-corrected chi connectivity index (χ4v) is 4.83. The van der Waals surface area contributed by atoms with Crippen LogP contribution in [0.4, 0.5) is 0 Å². The van der Waals surface area contributed by atoms with Crippen molar-refractivity contribution in [2.45, 2.75) is 46.1 Å². The van der Waals surface area contributed by atoms with E-state index < -0.39 is 0 Å². The summed E-state index contributed by atoms with van der Waals surface area (Å²) in [6, 6.07) is 0.414. The molecule has 128 valence electrons. The van der Waals surface area contributed by atoms with E-state index in [0.29, 0.717) is 12.0 Å². The van der Waals surface area contributed by atoms with Gasteiger partial charge in [-0.05, 0) is 45.6 Å². The second-order valence-corrected chi connectivity index (χ2v) is 8.01. The number of nitrogens with zero attached hydrogens (tertiary/aromatic N) is 3. The maximum absolute atomic E-state index is 13.2. The lowest BCUT2D eigenvalue weighted by Gasteiger charge is -2.25. The Balaban J connectivity index is 1.68. The van der Waals surface area contributed by atoms with Crippen LogP contribution in [0.3, 0.4) is 0 Å². The van der Waals surface area contributed by atoms with Crippen molar-refractivity contribution in [3.05, 3.63) is 22.0 Å². The van der Waals surface area contributed by atoms with E-state index in [1.165, 1.54) is 11.3 Å². The third-order valence-electron chi connectivity index (χ3n) is 5.00. The van der Waals surface area contributed by atoms with Crippen molar-refractivity contribution in [3.63, 3.8) is 0 Å². The molecule has 2 aliphatic rings. The Morgan fingerprint density at radius 3 is 2.71 bits per heavy atom. The van der Waals surface area contributed by atoms with E-state index in [-0.39, 0.29) is 5.91 Å². The summed E-state index contributed by atoms with van der Waals surface area (Å²) in [6.07, 6.45) is 3.31. The molecule has 2 fully saturated rings. The highest BCUT2D eigenvalue weighted by Crippen LogP contribution is 2.36. The zero-order valence-electron chi connectivity index (χ0n) is 14.5. The van der Waals surface area contributed by atoms with Crippen molar-refractivity contribution in [2.75, 3.05) is 19.8 Å². The van der Waals surface area contributed by atoms with Crippen LogP contribution in [-0.2, 0) is 4.74 Å². The Morgan fingerprint density at radius 1 is 1.25 bits per heavy atom. The molecule has 6 heteroatoms. The molecular weight excluding hydrogens is 322 g/mol. The van der Waals surface area contributed by atoms with Gasteiger partial charge in [-0.15, -0.1) is 11.3 Å². The van der Waals surface area contributed by atoms with Crippen molar-refractivity contribution in [2.24, 2.45) is 5.92 Å². The van der Waals surface area contributed by atoms with E-state index in [0.717, 1.165) is 71.2 Å². The summed E-state index contributed by atoms with van der Waals surface area (Å²) in [6.45, 7) is 8.36. The Morgan fingerprint density at radius 2 is 2.04 bits per heavy atom. The van der Waals surface area contributed by atoms with Gasteiger partial charge in [-0.2, -0.15) is 0 Å². The second-order valence-electron chi connectivity index (χ2n) is 7.01. The molecule has 1 saturated carbocycles. The highest BCUT2D eigenvalue weighted by Gasteiger charge is 2.36. The minimum absolute atomic E-state index is 0.168. The van der Waals surface area contributed by atoms with Crippen molar-refractivity contribution in [3.8, 4) is 0 Å². The first-order valence-electron chi connectivity index (χ1n) is 8.67. The number of rotatable bonds is 4. The van der Waals surface area contributed by atoms with Crippen LogP contribution >= 0.6 is 11.3 Å². The second kappa shape index (κ2) is 6.08. The molecule has 0 unspecified atom stereocenters. The highest BCUT2D eigenvalue weighted by atomic mass is 32.1. The van der Waals surface area contributed by atoms with Crippen LogP contribution < -0.4 is 0 Å². The largest absolute Gasteiger partial charge is 0.381 e. The summed E-state index contributed by atoms with van der Waals surface area (Å²) in [5.74, 6) is 1.41. The molecule has 24 heavy (non-hydrogen) atoms. The number of aryl methyl sites for hydroxylation is 3. The molecule has 4 rings (SSSR count). The van der Waals surface area contributed by atoms with Crippen LogP contribution in [0.2, 0.25) is 0 Å². The lowest BCUT2D eigenvalue weighted by Crippen LogP contribution is -2.37. The average Bonchev–Trinajstić information content (AvgIpc) is 3.13. The first-order valence-corrected chi connectivity index (χ1v) is 9.49. The molecule has 1 atom stereocenters. The first kappa shape index (κ1) is 16.0. The van der Waals surface area contributed by atoms with Crippen molar-refractivity contribution < 1.29 is 9.53 Å². The van der Waals surface area contributed by atoms with E-state index in [1.54, 1.807) is 0 Å². The fourth-order valence-electron chi connectivity index (χ4n) is 3.60. The molecule has 1 aliphatic heterocycles. The molecule has 0 N–H and O–H groups in total. The Bertz CT molecular complexity index is 791. The fraction of sp³-hybridized carbons (Fsp3) is 0.611. The molecule has 0 aromatic carbocycles.